The van der Waals surface area contributed by atoms with Crippen molar-refractivity contribution in [1.82, 2.24) is 4.57 Å². The summed E-state index contributed by atoms with van der Waals surface area (Å²) in [4.78, 5) is 11.8. The molecule has 0 aliphatic carbocycles. The molecule has 2 aromatic rings. The van der Waals surface area contributed by atoms with Gasteiger partial charge in [-0.1, -0.05) is 0 Å². The van der Waals surface area contributed by atoms with E-state index < -0.39 is 5.97 Å². The maximum Gasteiger partial charge on any atom is 0.355 e. The zero-order chi connectivity index (χ0) is 13.3. The number of benzene rings is 1. The van der Waals surface area contributed by atoms with Crippen LogP contribution < -0.4 is 0 Å². The molecule has 1 aromatic carbocycles. The van der Waals surface area contributed by atoms with Crippen LogP contribution in [-0.4, -0.2) is 17.6 Å². The van der Waals surface area contributed by atoms with E-state index in [4.69, 9.17) is 4.74 Å². The van der Waals surface area contributed by atoms with Crippen LogP contribution in [0.1, 0.15) is 21.6 Å². The summed E-state index contributed by atoms with van der Waals surface area (Å²) < 4.78 is 19.4. The molecule has 0 unspecified atom stereocenters. The molecule has 0 atom stereocenters. The largest absolute Gasteiger partial charge is 0.464 e. The maximum absolute atomic E-state index is 12.9. The molecule has 0 spiro atoms. The van der Waals surface area contributed by atoms with Gasteiger partial charge in [-0.05, 0) is 49.2 Å². The highest BCUT2D eigenvalue weighted by atomic mass is 19.1. The van der Waals surface area contributed by atoms with Gasteiger partial charge in [-0.25, -0.2) is 9.18 Å². The molecule has 1 heterocycles. The van der Waals surface area contributed by atoms with Crippen molar-refractivity contribution in [3.63, 3.8) is 0 Å². The molecule has 4 heteroatoms. The minimum Gasteiger partial charge on any atom is -0.464 e. The van der Waals surface area contributed by atoms with Crippen molar-refractivity contribution in [2.24, 2.45) is 0 Å². The second-order valence-electron chi connectivity index (χ2n) is 4.12. The van der Waals surface area contributed by atoms with Crippen molar-refractivity contribution in [2.75, 3.05) is 7.11 Å². The fourth-order valence-corrected chi connectivity index (χ4v) is 1.88. The number of nitrogens with zero attached hydrogens (tertiary/aromatic N) is 1. The summed E-state index contributed by atoms with van der Waals surface area (Å²) in [5, 5.41) is 0. The monoisotopic (exact) mass is 247 g/mol. The average molecular weight is 247 g/mol. The summed E-state index contributed by atoms with van der Waals surface area (Å²) in [6.45, 7) is 3.78. The molecule has 0 N–H and O–H groups in total. The zero-order valence-corrected chi connectivity index (χ0v) is 10.5. The van der Waals surface area contributed by atoms with Crippen LogP contribution in [0.5, 0.6) is 0 Å². The number of carbonyl (C=O) groups excluding carboxylic acids is 1. The van der Waals surface area contributed by atoms with Gasteiger partial charge in [0.25, 0.3) is 0 Å². The number of ether oxygens (including phenoxy) is 1. The van der Waals surface area contributed by atoms with Crippen molar-refractivity contribution in [3.8, 4) is 5.69 Å². The van der Waals surface area contributed by atoms with Crippen LogP contribution in [0.15, 0.2) is 30.5 Å². The summed E-state index contributed by atoms with van der Waals surface area (Å²) in [6, 6.07) is 5.98. The number of hydrogen-bond acceptors (Lipinski definition) is 2. The second-order valence-corrected chi connectivity index (χ2v) is 4.12. The molecular formula is C14H14FNO2. The maximum atomic E-state index is 12.9. The van der Waals surface area contributed by atoms with Gasteiger partial charge in [0, 0.05) is 11.9 Å². The number of aryl methyl sites for hydroxylation is 1. The number of esters is 1. The molecule has 0 amide bonds. The van der Waals surface area contributed by atoms with Crippen LogP contribution in [0.4, 0.5) is 4.39 Å². The second kappa shape index (κ2) is 4.64. The number of hydrogen-bond donors (Lipinski definition) is 0. The Hall–Kier alpha value is -2.10. The predicted octanol–water partition coefficient (Wildman–Crippen LogP) is 3.02. The predicted molar refractivity (Wildman–Crippen MR) is 66.5 cm³/mol. The average Bonchev–Trinajstić information content (AvgIpc) is 2.66. The van der Waals surface area contributed by atoms with E-state index in [0.717, 1.165) is 16.8 Å². The summed E-state index contributed by atoms with van der Waals surface area (Å²) in [6.07, 6.45) is 1.84. The summed E-state index contributed by atoms with van der Waals surface area (Å²) >= 11 is 0. The molecule has 94 valence electrons. The van der Waals surface area contributed by atoms with E-state index >= 15 is 0 Å². The van der Waals surface area contributed by atoms with Gasteiger partial charge in [-0.2, -0.15) is 0 Å². The number of carbonyl (C=O) groups is 1. The van der Waals surface area contributed by atoms with Gasteiger partial charge >= 0.3 is 5.97 Å². The van der Waals surface area contributed by atoms with Crippen LogP contribution in [0.3, 0.4) is 0 Å². The Balaban J connectivity index is 2.60. The molecule has 0 bridgehead atoms. The molecule has 1 aromatic heterocycles. The van der Waals surface area contributed by atoms with Gasteiger partial charge in [-0.15, -0.1) is 0 Å². The highest BCUT2D eigenvalue weighted by Crippen LogP contribution is 2.21. The van der Waals surface area contributed by atoms with E-state index in [1.807, 2.05) is 20.0 Å². The minimum atomic E-state index is -0.398. The smallest absolute Gasteiger partial charge is 0.355 e. The Morgan fingerprint density at radius 1 is 1.22 bits per heavy atom. The molecule has 0 saturated heterocycles. The highest BCUT2D eigenvalue weighted by molar-refractivity contribution is 5.90. The third kappa shape index (κ3) is 2.01. The Morgan fingerprint density at radius 2 is 1.83 bits per heavy atom. The molecule has 3 nitrogen and oxygen atoms in total. The lowest BCUT2D eigenvalue weighted by Gasteiger charge is -2.08. The number of rotatable bonds is 2. The van der Waals surface area contributed by atoms with Crippen molar-refractivity contribution >= 4 is 5.97 Å². The van der Waals surface area contributed by atoms with E-state index in [9.17, 15) is 9.18 Å². The van der Waals surface area contributed by atoms with Gasteiger partial charge in [-0.3, -0.25) is 0 Å². The lowest BCUT2D eigenvalue weighted by molar-refractivity contribution is 0.0591. The Labute approximate surface area is 105 Å². The van der Waals surface area contributed by atoms with Gasteiger partial charge < -0.3 is 9.30 Å². The molecular weight excluding hydrogens is 233 g/mol. The van der Waals surface area contributed by atoms with E-state index in [2.05, 4.69) is 0 Å². The molecule has 0 radical (unpaired) electrons. The molecule has 18 heavy (non-hydrogen) atoms. The van der Waals surface area contributed by atoms with E-state index in [0.29, 0.717) is 5.69 Å². The normalized spacial score (nSPS) is 10.4. The molecule has 2 rings (SSSR count). The first kappa shape index (κ1) is 12.4. The van der Waals surface area contributed by atoms with E-state index in [-0.39, 0.29) is 5.82 Å². The first-order valence-electron chi connectivity index (χ1n) is 5.57. The van der Waals surface area contributed by atoms with E-state index in [1.165, 1.54) is 19.2 Å². The SMILES string of the molecule is COC(=O)c1c(C)c(C)cn1-c1ccc(F)cc1. The quantitative estimate of drug-likeness (QED) is 0.764. The third-order valence-electron chi connectivity index (χ3n) is 2.99. The number of aromatic nitrogens is 1. The van der Waals surface area contributed by atoms with Crippen LogP contribution in [0.2, 0.25) is 0 Å². The lowest BCUT2D eigenvalue weighted by Crippen LogP contribution is -2.10. The van der Waals surface area contributed by atoms with Crippen molar-refractivity contribution in [3.05, 3.63) is 53.1 Å². The zero-order valence-electron chi connectivity index (χ0n) is 10.5. The molecule has 0 saturated carbocycles. The fraction of sp³-hybridized carbons (Fsp3) is 0.214. The van der Waals surface area contributed by atoms with Gasteiger partial charge in [0.2, 0.25) is 0 Å². The fourth-order valence-electron chi connectivity index (χ4n) is 1.88. The molecule has 0 aliphatic heterocycles. The third-order valence-corrected chi connectivity index (χ3v) is 2.99. The topological polar surface area (TPSA) is 31.2 Å². The Bertz CT molecular complexity index is 585. The Kier molecular flexibility index (Phi) is 3.19. The van der Waals surface area contributed by atoms with Crippen LogP contribution >= 0.6 is 0 Å². The summed E-state index contributed by atoms with van der Waals surface area (Å²) in [5.41, 5.74) is 3.06. The highest BCUT2D eigenvalue weighted by Gasteiger charge is 2.18. The van der Waals surface area contributed by atoms with Crippen LogP contribution in [-0.2, 0) is 4.74 Å². The van der Waals surface area contributed by atoms with Crippen LogP contribution in [0.25, 0.3) is 5.69 Å². The van der Waals surface area contributed by atoms with E-state index in [1.54, 1.807) is 16.7 Å². The molecule has 0 aliphatic rings. The number of methoxy groups -OCH3 is 1. The van der Waals surface area contributed by atoms with Crippen molar-refractivity contribution in [2.45, 2.75) is 13.8 Å². The minimum absolute atomic E-state index is 0.307. The van der Waals surface area contributed by atoms with Crippen molar-refractivity contribution < 1.29 is 13.9 Å². The van der Waals surface area contributed by atoms with Gasteiger partial charge in [0.15, 0.2) is 0 Å². The summed E-state index contributed by atoms with van der Waals surface area (Å²) in [5.74, 6) is -0.705. The molecule has 0 fully saturated rings. The summed E-state index contributed by atoms with van der Waals surface area (Å²) in [7, 11) is 1.35. The number of halogens is 1. The lowest BCUT2D eigenvalue weighted by atomic mass is 10.2. The van der Waals surface area contributed by atoms with Gasteiger partial charge in [0.05, 0.1) is 7.11 Å². The van der Waals surface area contributed by atoms with Crippen molar-refractivity contribution in [1.29, 1.82) is 0 Å². The standard InChI is InChI=1S/C14H14FNO2/c1-9-8-16(12-6-4-11(15)5-7-12)13(10(9)2)14(17)18-3/h4-8H,1-3H3. The first-order chi connectivity index (χ1) is 8.54. The first-order valence-corrected chi connectivity index (χ1v) is 5.57. The van der Waals surface area contributed by atoms with Gasteiger partial charge in [0.1, 0.15) is 11.5 Å². The Morgan fingerprint density at radius 3 is 2.39 bits per heavy atom. The van der Waals surface area contributed by atoms with Crippen LogP contribution in [0, 0.1) is 19.7 Å².